The van der Waals surface area contributed by atoms with E-state index in [1.807, 2.05) is 36.0 Å². The molecule has 1 atom stereocenters. The van der Waals surface area contributed by atoms with Gasteiger partial charge in [-0.15, -0.1) is 0 Å². The fourth-order valence-electron chi connectivity index (χ4n) is 2.86. The maximum absolute atomic E-state index is 9.02. The Kier molecular flexibility index (Phi) is 4.43. The Labute approximate surface area is 155 Å². The smallest absolute Gasteiger partial charge is 0.170 e. The van der Waals surface area contributed by atoms with Gasteiger partial charge in [-0.25, -0.2) is 14.5 Å². The Balaban J connectivity index is 1.58. The van der Waals surface area contributed by atoms with E-state index in [-0.39, 0.29) is 12.6 Å². The molecule has 0 amide bonds. The number of pyridine rings is 1. The van der Waals surface area contributed by atoms with Crippen LogP contribution < -0.4 is 11.1 Å². The number of nitrogen functional groups attached to an aromatic ring is 1. The van der Waals surface area contributed by atoms with Crippen molar-refractivity contribution in [2.45, 2.75) is 19.5 Å². The molecule has 4 aromatic heterocycles. The lowest BCUT2D eigenvalue weighted by molar-refractivity contribution is 0.269. The zero-order chi connectivity index (χ0) is 18.8. The average molecular weight is 364 g/mol. The highest BCUT2D eigenvalue weighted by Gasteiger charge is 2.13. The molecule has 138 valence electrons. The van der Waals surface area contributed by atoms with Gasteiger partial charge in [0.1, 0.15) is 0 Å². The Morgan fingerprint density at radius 3 is 3.00 bits per heavy atom. The number of nitrogens with two attached hydrogens (primary N) is 1. The molecule has 0 spiro atoms. The van der Waals surface area contributed by atoms with Crippen LogP contribution in [0.3, 0.4) is 0 Å². The van der Waals surface area contributed by atoms with Gasteiger partial charge in [-0.3, -0.25) is 4.68 Å². The van der Waals surface area contributed by atoms with E-state index in [2.05, 4.69) is 31.5 Å². The van der Waals surface area contributed by atoms with Crippen LogP contribution in [0.4, 0.5) is 11.6 Å². The lowest BCUT2D eigenvalue weighted by atomic mass is 10.1. The number of aliphatic hydroxyl groups excluding tert-OH is 1. The van der Waals surface area contributed by atoms with Gasteiger partial charge in [0.2, 0.25) is 0 Å². The van der Waals surface area contributed by atoms with Crippen molar-refractivity contribution < 1.29 is 5.11 Å². The first-order valence-corrected chi connectivity index (χ1v) is 8.60. The maximum atomic E-state index is 9.02. The van der Waals surface area contributed by atoms with Crippen LogP contribution in [-0.2, 0) is 6.54 Å². The molecule has 4 aromatic rings. The number of nitrogens with one attached hydrogen (secondary N) is 1. The van der Waals surface area contributed by atoms with Crippen molar-refractivity contribution in [1.82, 2.24) is 29.4 Å². The van der Waals surface area contributed by atoms with E-state index in [1.165, 1.54) is 0 Å². The molecule has 0 aliphatic carbocycles. The molecule has 0 aliphatic heterocycles. The topological polar surface area (TPSA) is 119 Å². The summed E-state index contributed by atoms with van der Waals surface area (Å²) in [5.41, 5.74) is 9.60. The Morgan fingerprint density at radius 1 is 1.26 bits per heavy atom. The van der Waals surface area contributed by atoms with E-state index in [4.69, 9.17) is 10.8 Å². The van der Waals surface area contributed by atoms with Crippen LogP contribution in [0.15, 0.2) is 49.2 Å². The quantitative estimate of drug-likeness (QED) is 0.477. The molecule has 4 rings (SSSR count). The van der Waals surface area contributed by atoms with E-state index < -0.39 is 0 Å². The summed E-state index contributed by atoms with van der Waals surface area (Å²) in [5, 5.41) is 20.8. The predicted molar refractivity (Wildman–Crippen MR) is 102 cm³/mol. The van der Waals surface area contributed by atoms with Crippen LogP contribution in [-0.4, -0.2) is 41.1 Å². The Bertz CT molecular complexity index is 1070. The van der Waals surface area contributed by atoms with Crippen LogP contribution in [0.1, 0.15) is 18.5 Å². The third kappa shape index (κ3) is 3.44. The fourth-order valence-corrected chi connectivity index (χ4v) is 2.86. The molecule has 1 unspecified atom stereocenters. The van der Waals surface area contributed by atoms with Crippen LogP contribution in [0, 0.1) is 0 Å². The second kappa shape index (κ2) is 7.04. The number of aliphatic hydroxyl groups is 1. The molecule has 0 aromatic carbocycles. The molecule has 9 heteroatoms. The van der Waals surface area contributed by atoms with Gasteiger partial charge in [0, 0.05) is 24.2 Å². The monoisotopic (exact) mass is 364 g/mol. The molecule has 9 nitrogen and oxygen atoms in total. The summed E-state index contributed by atoms with van der Waals surface area (Å²) in [6, 6.07) is 6.00. The van der Waals surface area contributed by atoms with Crippen LogP contribution in [0.25, 0.3) is 16.8 Å². The summed E-state index contributed by atoms with van der Waals surface area (Å²) in [7, 11) is 0. The molecule has 0 bridgehead atoms. The van der Waals surface area contributed by atoms with Crippen LogP contribution >= 0.6 is 0 Å². The van der Waals surface area contributed by atoms with Gasteiger partial charge >= 0.3 is 0 Å². The molecule has 0 radical (unpaired) electrons. The van der Waals surface area contributed by atoms with E-state index in [9.17, 15) is 0 Å². The highest BCUT2D eigenvalue weighted by molar-refractivity contribution is 5.65. The fraction of sp³-hybridized carbons (Fsp3) is 0.222. The largest absolute Gasteiger partial charge is 0.394 e. The first-order chi connectivity index (χ1) is 13.1. The SMILES string of the molecule is CC(Nc1nc(-c2cnn(CCO)c2)cnc1N)c1ccn2nccc2c1. The van der Waals surface area contributed by atoms with Crippen LogP contribution in [0.5, 0.6) is 0 Å². The lowest BCUT2D eigenvalue weighted by Gasteiger charge is -2.16. The van der Waals surface area contributed by atoms with Gasteiger partial charge in [0.05, 0.1) is 42.8 Å². The summed E-state index contributed by atoms with van der Waals surface area (Å²) < 4.78 is 3.47. The molecular weight excluding hydrogens is 344 g/mol. The van der Waals surface area contributed by atoms with Crippen LogP contribution in [0.2, 0.25) is 0 Å². The van der Waals surface area contributed by atoms with Crippen molar-refractivity contribution in [3.8, 4) is 11.3 Å². The zero-order valence-corrected chi connectivity index (χ0v) is 14.8. The Morgan fingerprint density at radius 2 is 2.15 bits per heavy atom. The number of hydrogen-bond donors (Lipinski definition) is 3. The van der Waals surface area contributed by atoms with Crippen molar-refractivity contribution in [2.24, 2.45) is 0 Å². The highest BCUT2D eigenvalue weighted by Crippen LogP contribution is 2.25. The number of aromatic nitrogens is 6. The summed E-state index contributed by atoms with van der Waals surface area (Å²) >= 11 is 0. The highest BCUT2D eigenvalue weighted by atomic mass is 16.3. The number of nitrogens with zero attached hydrogens (tertiary/aromatic N) is 6. The minimum absolute atomic E-state index is 0.0196. The molecule has 0 saturated heterocycles. The summed E-state index contributed by atoms with van der Waals surface area (Å²) in [6.07, 6.45) is 8.81. The van der Waals surface area contributed by atoms with Gasteiger partial charge in [-0.2, -0.15) is 10.2 Å². The van der Waals surface area contributed by atoms with Gasteiger partial charge in [0.25, 0.3) is 0 Å². The van der Waals surface area contributed by atoms with Crippen molar-refractivity contribution >= 4 is 17.2 Å². The number of anilines is 2. The molecular formula is C18H20N8O. The van der Waals surface area contributed by atoms with Crippen molar-refractivity contribution in [1.29, 1.82) is 0 Å². The number of hydrogen-bond acceptors (Lipinski definition) is 7. The number of rotatable bonds is 6. The first kappa shape index (κ1) is 17.0. The molecule has 4 N–H and O–H groups in total. The standard InChI is InChI=1S/C18H20N8O/c1-12(13-3-5-26-15(8-13)2-4-21-26)23-18-17(19)20-10-16(24-18)14-9-22-25(11-14)6-7-27/h2-5,8-12,27H,6-7H2,1H3,(H2,19,20)(H,23,24). The van der Waals surface area contributed by atoms with E-state index >= 15 is 0 Å². The summed E-state index contributed by atoms with van der Waals surface area (Å²) in [6.45, 7) is 2.50. The summed E-state index contributed by atoms with van der Waals surface area (Å²) in [4.78, 5) is 8.85. The van der Waals surface area contributed by atoms with Gasteiger partial charge in [0.15, 0.2) is 11.6 Å². The third-order valence-corrected chi connectivity index (χ3v) is 4.34. The minimum Gasteiger partial charge on any atom is -0.394 e. The minimum atomic E-state index is -0.0196. The zero-order valence-electron chi connectivity index (χ0n) is 14.8. The van der Waals surface area contributed by atoms with Crippen molar-refractivity contribution in [2.75, 3.05) is 17.7 Å². The molecule has 0 fully saturated rings. The summed E-state index contributed by atoms with van der Waals surface area (Å²) in [5.74, 6) is 0.849. The molecule has 0 saturated carbocycles. The van der Waals surface area contributed by atoms with Crippen molar-refractivity contribution in [3.05, 3.63) is 54.7 Å². The van der Waals surface area contributed by atoms with E-state index in [0.29, 0.717) is 23.9 Å². The second-order valence-corrected chi connectivity index (χ2v) is 6.23. The lowest BCUT2D eigenvalue weighted by Crippen LogP contribution is -2.11. The number of fused-ring (bicyclic) bond motifs is 1. The average Bonchev–Trinajstić information content (AvgIpc) is 3.32. The van der Waals surface area contributed by atoms with Gasteiger partial charge in [-0.05, 0) is 30.7 Å². The maximum Gasteiger partial charge on any atom is 0.170 e. The third-order valence-electron chi connectivity index (χ3n) is 4.34. The predicted octanol–water partition coefficient (Wildman–Crippen LogP) is 1.74. The first-order valence-electron chi connectivity index (χ1n) is 8.60. The van der Waals surface area contributed by atoms with Gasteiger partial charge in [-0.1, -0.05) is 0 Å². The van der Waals surface area contributed by atoms with E-state index in [0.717, 1.165) is 16.6 Å². The van der Waals surface area contributed by atoms with Crippen molar-refractivity contribution in [3.63, 3.8) is 0 Å². The molecule has 0 aliphatic rings. The molecule has 27 heavy (non-hydrogen) atoms. The van der Waals surface area contributed by atoms with Gasteiger partial charge < -0.3 is 16.2 Å². The van der Waals surface area contributed by atoms with E-state index in [1.54, 1.807) is 23.3 Å². The Hall–Kier alpha value is -3.46. The normalized spacial score (nSPS) is 12.4. The second-order valence-electron chi connectivity index (χ2n) is 6.23. The molecule has 4 heterocycles.